The smallest absolute Gasteiger partial charge is 0.416 e. The third-order valence-corrected chi connectivity index (χ3v) is 6.04. The Bertz CT molecular complexity index is 1300. The summed E-state index contributed by atoms with van der Waals surface area (Å²) < 4.78 is 51.2. The van der Waals surface area contributed by atoms with Crippen molar-refractivity contribution in [2.45, 2.75) is 6.18 Å². The highest BCUT2D eigenvalue weighted by atomic mass is 19.4. The van der Waals surface area contributed by atoms with E-state index in [0.29, 0.717) is 54.6 Å². The number of amidine groups is 1. The zero-order chi connectivity index (χ0) is 24.6. The summed E-state index contributed by atoms with van der Waals surface area (Å²) in [6.45, 7) is 1.81. The van der Waals surface area contributed by atoms with Crippen molar-refractivity contribution in [3.05, 3.63) is 83.4 Å². The molecular weight excluding hydrogens is 459 g/mol. The fourth-order valence-corrected chi connectivity index (χ4v) is 4.20. The summed E-state index contributed by atoms with van der Waals surface area (Å²) >= 11 is 0. The molecule has 0 N–H and O–H groups in total. The van der Waals surface area contributed by atoms with E-state index in [9.17, 15) is 18.0 Å². The Labute approximate surface area is 200 Å². The largest absolute Gasteiger partial charge is 0.497 e. The Morgan fingerprint density at radius 2 is 1.71 bits per heavy atom. The molecule has 35 heavy (non-hydrogen) atoms. The molecule has 0 radical (unpaired) electrons. The van der Waals surface area contributed by atoms with E-state index in [0.717, 1.165) is 12.1 Å². The van der Waals surface area contributed by atoms with E-state index in [1.165, 1.54) is 6.07 Å². The van der Waals surface area contributed by atoms with E-state index in [1.54, 1.807) is 48.4 Å². The second-order valence-electron chi connectivity index (χ2n) is 8.23. The summed E-state index contributed by atoms with van der Waals surface area (Å²) in [5.74, 6) is 1.80. The molecule has 0 spiro atoms. The van der Waals surface area contributed by atoms with Gasteiger partial charge in [-0.25, -0.2) is 4.99 Å². The number of piperazine rings is 1. The van der Waals surface area contributed by atoms with E-state index in [4.69, 9.17) is 9.47 Å². The van der Waals surface area contributed by atoms with Gasteiger partial charge in [-0.15, -0.1) is 0 Å². The van der Waals surface area contributed by atoms with Gasteiger partial charge in [0, 0.05) is 31.7 Å². The number of ether oxygens (including phenoxy) is 2. The monoisotopic (exact) mass is 481 g/mol. The van der Waals surface area contributed by atoms with E-state index in [-0.39, 0.29) is 17.3 Å². The average Bonchev–Trinajstić information content (AvgIpc) is 3.04. The van der Waals surface area contributed by atoms with Crippen molar-refractivity contribution in [3.63, 3.8) is 0 Å². The zero-order valence-electron chi connectivity index (χ0n) is 18.9. The zero-order valence-corrected chi connectivity index (χ0v) is 18.9. The Morgan fingerprint density at radius 3 is 2.46 bits per heavy atom. The molecule has 9 heteroatoms. The number of carbonyl (C=O) groups excluding carboxylic acids is 1. The van der Waals surface area contributed by atoms with Gasteiger partial charge in [-0.05, 0) is 48.5 Å². The molecule has 1 fully saturated rings. The maximum absolute atomic E-state index is 13.3. The first-order chi connectivity index (χ1) is 16.8. The van der Waals surface area contributed by atoms with Crippen LogP contribution in [-0.2, 0) is 6.18 Å². The van der Waals surface area contributed by atoms with Gasteiger partial charge in [0.2, 0.25) is 0 Å². The molecular formula is C26H22F3N3O3. The number of fused-ring (bicyclic) bond motifs is 2. The molecule has 3 aromatic rings. The molecule has 0 unspecified atom stereocenters. The van der Waals surface area contributed by atoms with Gasteiger partial charge in [-0.3, -0.25) is 4.79 Å². The van der Waals surface area contributed by atoms with E-state index >= 15 is 0 Å². The number of rotatable bonds is 2. The topological polar surface area (TPSA) is 54.4 Å². The molecule has 0 bridgehead atoms. The molecule has 1 amide bonds. The van der Waals surface area contributed by atoms with Crippen molar-refractivity contribution in [1.82, 2.24) is 9.80 Å². The highest BCUT2D eigenvalue weighted by molar-refractivity contribution is 6.04. The molecule has 0 aliphatic carbocycles. The summed E-state index contributed by atoms with van der Waals surface area (Å²) in [4.78, 5) is 21.4. The maximum Gasteiger partial charge on any atom is 0.416 e. The highest BCUT2D eigenvalue weighted by Crippen LogP contribution is 2.41. The minimum atomic E-state index is -4.49. The summed E-state index contributed by atoms with van der Waals surface area (Å²) in [7, 11) is 1.55. The number of hydrogen-bond acceptors (Lipinski definition) is 5. The first-order valence-corrected chi connectivity index (χ1v) is 11.1. The summed E-state index contributed by atoms with van der Waals surface area (Å²) in [6.07, 6.45) is -4.49. The lowest BCUT2D eigenvalue weighted by atomic mass is 10.1. The average molecular weight is 481 g/mol. The maximum atomic E-state index is 13.3. The van der Waals surface area contributed by atoms with Gasteiger partial charge in [0.1, 0.15) is 23.0 Å². The fraction of sp³-hybridized carbons (Fsp3) is 0.231. The predicted molar refractivity (Wildman–Crippen MR) is 125 cm³/mol. The van der Waals surface area contributed by atoms with Gasteiger partial charge < -0.3 is 19.3 Å². The third-order valence-electron chi connectivity index (χ3n) is 6.04. The van der Waals surface area contributed by atoms with Crippen LogP contribution in [0.1, 0.15) is 21.5 Å². The summed E-state index contributed by atoms with van der Waals surface area (Å²) in [6, 6.07) is 17.5. The Kier molecular flexibility index (Phi) is 5.84. The van der Waals surface area contributed by atoms with Crippen LogP contribution in [0, 0.1) is 0 Å². The van der Waals surface area contributed by atoms with Gasteiger partial charge in [0.25, 0.3) is 5.91 Å². The lowest BCUT2D eigenvalue weighted by Gasteiger charge is -2.36. The Hall–Kier alpha value is -4.01. The minimum Gasteiger partial charge on any atom is -0.497 e. The molecule has 2 heterocycles. The minimum absolute atomic E-state index is 0.102. The van der Waals surface area contributed by atoms with Crippen molar-refractivity contribution in [3.8, 4) is 17.2 Å². The van der Waals surface area contributed by atoms with E-state index in [1.807, 2.05) is 17.0 Å². The molecule has 6 nitrogen and oxygen atoms in total. The third kappa shape index (κ3) is 4.53. The van der Waals surface area contributed by atoms with Crippen molar-refractivity contribution in [2.75, 3.05) is 33.3 Å². The van der Waals surface area contributed by atoms with Crippen LogP contribution in [0.4, 0.5) is 18.9 Å². The number of halogens is 3. The molecule has 180 valence electrons. The first-order valence-electron chi connectivity index (χ1n) is 11.1. The highest BCUT2D eigenvalue weighted by Gasteiger charge is 2.33. The van der Waals surface area contributed by atoms with Gasteiger partial charge in [0.15, 0.2) is 5.75 Å². The Balaban J connectivity index is 1.43. The Morgan fingerprint density at radius 1 is 0.943 bits per heavy atom. The molecule has 2 aliphatic rings. The fourth-order valence-electron chi connectivity index (χ4n) is 4.20. The van der Waals surface area contributed by atoms with E-state index < -0.39 is 11.7 Å². The number of carbonyl (C=O) groups is 1. The molecule has 0 atom stereocenters. The standard InChI is InChI=1S/C26H22F3N3O3/c1-34-19-6-4-5-17(15-19)25(33)32-13-11-31(12-14-32)24-20-7-2-3-8-22(20)35-23-10-9-18(26(27,28)29)16-21(23)30-24/h2-10,15-16H,11-14H2,1H3. The molecule has 2 aliphatic heterocycles. The lowest BCUT2D eigenvalue weighted by molar-refractivity contribution is -0.137. The number of para-hydroxylation sites is 1. The van der Waals surface area contributed by atoms with Crippen LogP contribution < -0.4 is 9.47 Å². The second kappa shape index (κ2) is 8.98. The van der Waals surface area contributed by atoms with Crippen LogP contribution in [0.25, 0.3) is 0 Å². The van der Waals surface area contributed by atoms with Gasteiger partial charge in [-0.2, -0.15) is 13.2 Å². The lowest BCUT2D eigenvalue weighted by Crippen LogP contribution is -2.50. The SMILES string of the molecule is COc1cccc(C(=O)N2CCN(C3=Nc4cc(C(F)(F)F)ccc4Oc4ccccc43)CC2)c1. The van der Waals surface area contributed by atoms with Crippen molar-refractivity contribution >= 4 is 17.4 Å². The van der Waals surface area contributed by atoms with Gasteiger partial charge in [0.05, 0.1) is 18.2 Å². The van der Waals surface area contributed by atoms with Crippen LogP contribution in [0.5, 0.6) is 17.2 Å². The van der Waals surface area contributed by atoms with Crippen LogP contribution in [0.15, 0.2) is 71.7 Å². The second-order valence-corrected chi connectivity index (χ2v) is 8.23. The number of nitrogens with zero attached hydrogens (tertiary/aromatic N) is 3. The van der Waals surface area contributed by atoms with Crippen LogP contribution in [-0.4, -0.2) is 54.8 Å². The molecule has 0 aromatic heterocycles. The quantitative estimate of drug-likeness (QED) is 0.495. The molecule has 3 aromatic carbocycles. The number of benzene rings is 3. The molecule has 0 saturated carbocycles. The molecule has 5 rings (SSSR count). The predicted octanol–water partition coefficient (Wildman–Crippen LogP) is 5.36. The summed E-state index contributed by atoms with van der Waals surface area (Å²) in [5, 5.41) is 0. The van der Waals surface area contributed by atoms with Crippen molar-refractivity contribution < 1.29 is 27.4 Å². The number of amides is 1. The number of aliphatic imine (C=N–C) groups is 1. The normalized spacial score (nSPS) is 15.4. The van der Waals surface area contributed by atoms with Crippen LogP contribution >= 0.6 is 0 Å². The number of methoxy groups -OCH3 is 1. The van der Waals surface area contributed by atoms with Crippen molar-refractivity contribution in [1.29, 1.82) is 0 Å². The van der Waals surface area contributed by atoms with Crippen LogP contribution in [0.2, 0.25) is 0 Å². The first kappa shape index (κ1) is 22.8. The summed E-state index contributed by atoms with van der Waals surface area (Å²) in [5.41, 5.74) is 0.547. The molecule has 1 saturated heterocycles. The van der Waals surface area contributed by atoms with E-state index in [2.05, 4.69) is 4.99 Å². The van der Waals surface area contributed by atoms with Gasteiger partial charge in [-0.1, -0.05) is 18.2 Å². The number of hydrogen-bond donors (Lipinski definition) is 0. The number of alkyl halides is 3. The van der Waals surface area contributed by atoms with Gasteiger partial charge >= 0.3 is 6.18 Å². The van der Waals surface area contributed by atoms with Crippen molar-refractivity contribution in [2.24, 2.45) is 4.99 Å². The van der Waals surface area contributed by atoms with Crippen LogP contribution in [0.3, 0.4) is 0 Å².